The summed E-state index contributed by atoms with van der Waals surface area (Å²) in [5.74, 6) is 0.309. The molecule has 1 N–H and O–H groups in total. The van der Waals surface area contributed by atoms with E-state index in [0.717, 1.165) is 6.42 Å². The fraction of sp³-hybridized carbons (Fsp3) is 0.667. The SMILES string of the molecule is C=CN[C@@H](CC)C(C)C(C)=O. The molecule has 0 rings (SSSR count). The molecule has 11 heavy (non-hydrogen) atoms. The van der Waals surface area contributed by atoms with Crippen molar-refractivity contribution in [1.29, 1.82) is 0 Å². The van der Waals surface area contributed by atoms with Gasteiger partial charge in [0.05, 0.1) is 0 Å². The first-order valence-corrected chi connectivity index (χ1v) is 4.00. The van der Waals surface area contributed by atoms with Crippen LogP contribution in [0.3, 0.4) is 0 Å². The fourth-order valence-electron chi connectivity index (χ4n) is 1.05. The Bertz CT molecular complexity index is 142. The van der Waals surface area contributed by atoms with Gasteiger partial charge in [0, 0.05) is 12.0 Å². The van der Waals surface area contributed by atoms with Gasteiger partial charge in [-0.05, 0) is 19.5 Å². The highest BCUT2D eigenvalue weighted by Crippen LogP contribution is 2.07. The van der Waals surface area contributed by atoms with Crippen LogP contribution in [-0.2, 0) is 4.79 Å². The summed E-state index contributed by atoms with van der Waals surface area (Å²) in [6.45, 7) is 9.18. The number of carbonyl (C=O) groups is 1. The van der Waals surface area contributed by atoms with Gasteiger partial charge in [-0.15, -0.1) is 0 Å². The number of Topliss-reactive ketones (excluding diaryl/α,β-unsaturated/α-hetero) is 1. The molecule has 0 aromatic heterocycles. The quantitative estimate of drug-likeness (QED) is 0.655. The Labute approximate surface area is 68.7 Å². The molecule has 2 heteroatoms. The molecule has 2 atom stereocenters. The van der Waals surface area contributed by atoms with E-state index in [2.05, 4.69) is 18.8 Å². The summed E-state index contributed by atoms with van der Waals surface area (Å²) in [5, 5.41) is 3.06. The van der Waals surface area contributed by atoms with Gasteiger partial charge >= 0.3 is 0 Å². The second kappa shape index (κ2) is 4.94. The summed E-state index contributed by atoms with van der Waals surface area (Å²) in [6.07, 6.45) is 2.60. The summed E-state index contributed by atoms with van der Waals surface area (Å²) in [4.78, 5) is 10.9. The van der Waals surface area contributed by atoms with Crippen molar-refractivity contribution in [3.05, 3.63) is 12.8 Å². The number of ketones is 1. The molecule has 0 aliphatic heterocycles. The minimum Gasteiger partial charge on any atom is -0.388 e. The molecule has 0 saturated carbocycles. The van der Waals surface area contributed by atoms with Crippen molar-refractivity contribution in [1.82, 2.24) is 5.32 Å². The third kappa shape index (κ3) is 3.21. The van der Waals surface area contributed by atoms with Crippen molar-refractivity contribution >= 4 is 5.78 Å². The minimum absolute atomic E-state index is 0.0815. The van der Waals surface area contributed by atoms with Crippen LogP contribution in [0.5, 0.6) is 0 Å². The molecule has 2 nitrogen and oxygen atoms in total. The largest absolute Gasteiger partial charge is 0.388 e. The van der Waals surface area contributed by atoms with Crippen molar-refractivity contribution < 1.29 is 4.79 Å². The van der Waals surface area contributed by atoms with Crippen LogP contribution >= 0.6 is 0 Å². The fourth-order valence-corrected chi connectivity index (χ4v) is 1.05. The number of hydrogen-bond acceptors (Lipinski definition) is 2. The number of hydrogen-bond donors (Lipinski definition) is 1. The zero-order valence-electron chi connectivity index (χ0n) is 7.55. The van der Waals surface area contributed by atoms with Crippen LogP contribution in [0, 0.1) is 5.92 Å². The molecule has 0 aromatic carbocycles. The molecule has 64 valence electrons. The van der Waals surface area contributed by atoms with E-state index in [1.807, 2.05) is 6.92 Å². The number of nitrogens with one attached hydrogen (secondary N) is 1. The predicted molar refractivity (Wildman–Crippen MR) is 47.3 cm³/mol. The van der Waals surface area contributed by atoms with E-state index < -0.39 is 0 Å². The normalized spacial score (nSPS) is 15.2. The molecule has 0 spiro atoms. The van der Waals surface area contributed by atoms with E-state index in [-0.39, 0.29) is 17.7 Å². The van der Waals surface area contributed by atoms with Gasteiger partial charge in [0.25, 0.3) is 0 Å². The van der Waals surface area contributed by atoms with Crippen LogP contribution in [0.4, 0.5) is 0 Å². The summed E-state index contributed by atoms with van der Waals surface area (Å²) >= 11 is 0. The second-order valence-electron chi connectivity index (χ2n) is 2.78. The molecule has 0 radical (unpaired) electrons. The van der Waals surface area contributed by atoms with Crippen LogP contribution < -0.4 is 5.32 Å². The van der Waals surface area contributed by atoms with Gasteiger partial charge in [0.2, 0.25) is 0 Å². The lowest BCUT2D eigenvalue weighted by molar-refractivity contribution is -0.121. The topological polar surface area (TPSA) is 29.1 Å². The maximum Gasteiger partial charge on any atom is 0.134 e. The monoisotopic (exact) mass is 155 g/mol. The van der Waals surface area contributed by atoms with E-state index >= 15 is 0 Å². The van der Waals surface area contributed by atoms with Gasteiger partial charge in [0.1, 0.15) is 5.78 Å². The van der Waals surface area contributed by atoms with Crippen molar-refractivity contribution in [2.24, 2.45) is 5.92 Å². The molecule has 0 heterocycles. The van der Waals surface area contributed by atoms with Gasteiger partial charge in [-0.1, -0.05) is 20.4 Å². The minimum atomic E-state index is 0.0815. The summed E-state index contributed by atoms with van der Waals surface area (Å²) in [6, 6.07) is 0.241. The highest BCUT2D eigenvalue weighted by Gasteiger charge is 2.17. The average Bonchev–Trinajstić information content (AvgIpc) is 1.98. The zero-order chi connectivity index (χ0) is 8.85. The average molecular weight is 155 g/mol. The first-order valence-electron chi connectivity index (χ1n) is 4.00. The van der Waals surface area contributed by atoms with Crippen LogP contribution in [0.1, 0.15) is 27.2 Å². The third-order valence-electron chi connectivity index (χ3n) is 2.02. The Morgan fingerprint density at radius 3 is 2.55 bits per heavy atom. The van der Waals surface area contributed by atoms with Crippen molar-refractivity contribution in [2.75, 3.05) is 0 Å². The molecule has 0 aromatic rings. The van der Waals surface area contributed by atoms with E-state index in [1.165, 1.54) is 0 Å². The Kier molecular flexibility index (Phi) is 4.59. The molecular weight excluding hydrogens is 138 g/mol. The van der Waals surface area contributed by atoms with Crippen LogP contribution in [0.2, 0.25) is 0 Å². The van der Waals surface area contributed by atoms with Crippen LogP contribution in [-0.4, -0.2) is 11.8 Å². The number of carbonyl (C=O) groups excluding carboxylic acids is 1. The first kappa shape index (κ1) is 10.2. The lowest BCUT2D eigenvalue weighted by atomic mass is 9.96. The second-order valence-corrected chi connectivity index (χ2v) is 2.78. The molecule has 0 aliphatic rings. The van der Waals surface area contributed by atoms with Gasteiger partial charge in [-0.25, -0.2) is 0 Å². The third-order valence-corrected chi connectivity index (χ3v) is 2.02. The lowest BCUT2D eigenvalue weighted by Gasteiger charge is -2.20. The van der Waals surface area contributed by atoms with Gasteiger partial charge in [-0.3, -0.25) is 4.79 Å². The lowest BCUT2D eigenvalue weighted by Crippen LogP contribution is -2.34. The Balaban J connectivity index is 4.00. The molecule has 0 amide bonds. The van der Waals surface area contributed by atoms with Gasteiger partial charge in [0.15, 0.2) is 0 Å². The summed E-state index contributed by atoms with van der Waals surface area (Å²) < 4.78 is 0. The van der Waals surface area contributed by atoms with Crippen molar-refractivity contribution in [3.8, 4) is 0 Å². The van der Waals surface area contributed by atoms with Crippen molar-refractivity contribution in [2.45, 2.75) is 33.2 Å². The highest BCUT2D eigenvalue weighted by atomic mass is 16.1. The van der Waals surface area contributed by atoms with Crippen molar-refractivity contribution in [3.63, 3.8) is 0 Å². The first-order chi connectivity index (χ1) is 5.13. The predicted octanol–water partition coefficient (Wildman–Crippen LogP) is 1.72. The Morgan fingerprint density at radius 1 is 1.73 bits per heavy atom. The molecule has 0 bridgehead atoms. The maximum atomic E-state index is 10.9. The van der Waals surface area contributed by atoms with E-state index in [1.54, 1.807) is 13.1 Å². The van der Waals surface area contributed by atoms with E-state index in [4.69, 9.17) is 0 Å². The molecule has 0 saturated heterocycles. The Morgan fingerprint density at radius 2 is 2.27 bits per heavy atom. The van der Waals surface area contributed by atoms with Crippen LogP contribution in [0.15, 0.2) is 12.8 Å². The molecule has 1 unspecified atom stereocenters. The zero-order valence-corrected chi connectivity index (χ0v) is 7.55. The number of rotatable bonds is 5. The molecule has 0 aliphatic carbocycles. The molecular formula is C9H17NO. The summed E-state index contributed by atoms with van der Waals surface area (Å²) in [7, 11) is 0. The van der Waals surface area contributed by atoms with Gasteiger partial charge < -0.3 is 5.32 Å². The van der Waals surface area contributed by atoms with Crippen LogP contribution in [0.25, 0.3) is 0 Å². The smallest absolute Gasteiger partial charge is 0.134 e. The standard InChI is InChI=1S/C9H17NO/c1-5-9(10-6-2)7(3)8(4)11/h6-7,9-10H,2,5H2,1,3-4H3/t7?,9-/m0/s1. The summed E-state index contributed by atoms with van der Waals surface area (Å²) in [5.41, 5.74) is 0. The van der Waals surface area contributed by atoms with E-state index in [9.17, 15) is 4.79 Å². The Hall–Kier alpha value is -0.790. The maximum absolute atomic E-state index is 10.9. The van der Waals surface area contributed by atoms with E-state index in [0.29, 0.717) is 0 Å². The molecule has 0 fully saturated rings. The van der Waals surface area contributed by atoms with Gasteiger partial charge in [-0.2, -0.15) is 0 Å². The highest BCUT2D eigenvalue weighted by molar-refractivity contribution is 5.78.